The van der Waals surface area contributed by atoms with Crippen molar-refractivity contribution < 1.29 is 0 Å². The van der Waals surface area contributed by atoms with E-state index in [1.807, 2.05) is 12.1 Å². The Balaban J connectivity index is 2.67. The number of anilines is 2. The number of nitrogens with one attached hydrogen (secondary N) is 1. The van der Waals surface area contributed by atoms with E-state index in [1.54, 1.807) is 0 Å². The Morgan fingerprint density at radius 2 is 1.94 bits per heavy atom. The molecule has 0 aliphatic carbocycles. The number of nitrogen functional groups attached to an aromatic ring is 1. The van der Waals surface area contributed by atoms with Gasteiger partial charge in [-0.15, -0.1) is 0 Å². The second kappa shape index (κ2) is 5.41. The topological polar surface area (TPSA) is 41.3 Å². The fourth-order valence-corrected chi connectivity index (χ4v) is 2.17. The first-order valence-corrected chi connectivity index (χ1v) is 6.05. The lowest BCUT2D eigenvalue weighted by Crippen LogP contribution is -2.34. The lowest BCUT2D eigenvalue weighted by atomic mass is 9.92. The number of benzene rings is 1. The Labute approximate surface area is 105 Å². The summed E-state index contributed by atoms with van der Waals surface area (Å²) in [7, 11) is 4.20. The van der Waals surface area contributed by atoms with Gasteiger partial charge in [0.1, 0.15) is 0 Å². The molecular formula is C14H25N3. The van der Waals surface area contributed by atoms with E-state index < -0.39 is 0 Å². The molecule has 0 fully saturated rings. The molecule has 96 valence electrons. The highest BCUT2D eigenvalue weighted by Crippen LogP contribution is 2.25. The summed E-state index contributed by atoms with van der Waals surface area (Å²) in [6.45, 7) is 8.56. The maximum atomic E-state index is 5.98. The van der Waals surface area contributed by atoms with E-state index in [2.05, 4.69) is 51.1 Å². The normalized spacial score (nSPS) is 11.9. The van der Waals surface area contributed by atoms with E-state index in [0.29, 0.717) is 0 Å². The van der Waals surface area contributed by atoms with Gasteiger partial charge >= 0.3 is 0 Å². The minimum Gasteiger partial charge on any atom is -0.397 e. The summed E-state index contributed by atoms with van der Waals surface area (Å²) in [6.07, 6.45) is 0. The van der Waals surface area contributed by atoms with Crippen molar-refractivity contribution >= 4 is 11.4 Å². The van der Waals surface area contributed by atoms with E-state index in [9.17, 15) is 0 Å². The monoisotopic (exact) mass is 235 g/mol. The Kier molecular flexibility index (Phi) is 4.40. The molecule has 1 rings (SSSR count). The molecule has 0 bridgehead atoms. The summed E-state index contributed by atoms with van der Waals surface area (Å²) >= 11 is 0. The molecule has 0 radical (unpaired) electrons. The number of hydrogen-bond donors (Lipinski definition) is 2. The van der Waals surface area contributed by atoms with E-state index >= 15 is 0 Å². The van der Waals surface area contributed by atoms with Gasteiger partial charge < -0.3 is 16.0 Å². The highest BCUT2D eigenvalue weighted by molar-refractivity contribution is 5.69. The van der Waals surface area contributed by atoms with Gasteiger partial charge in [0.15, 0.2) is 0 Å². The lowest BCUT2D eigenvalue weighted by molar-refractivity contribution is 0.254. The van der Waals surface area contributed by atoms with Gasteiger partial charge in [0.2, 0.25) is 0 Å². The van der Waals surface area contributed by atoms with Crippen LogP contribution in [0.5, 0.6) is 0 Å². The molecule has 3 N–H and O–H groups in total. The van der Waals surface area contributed by atoms with Gasteiger partial charge in [-0.2, -0.15) is 0 Å². The average molecular weight is 235 g/mol. The summed E-state index contributed by atoms with van der Waals surface area (Å²) in [5, 5.41) is 3.48. The first-order valence-electron chi connectivity index (χ1n) is 6.05. The van der Waals surface area contributed by atoms with E-state index in [-0.39, 0.29) is 5.41 Å². The number of aryl methyl sites for hydroxylation is 1. The van der Waals surface area contributed by atoms with Crippen LogP contribution in [-0.2, 0) is 0 Å². The molecule has 0 saturated heterocycles. The molecule has 0 atom stereocenters. The van der Waals surface area contributed by atoms with Crippen LogP contribution in [0.4, 0.5) is 11.4 Å². The summed E-state index contributed by atoms with van der Waals surface area (Å²) in [4.78, 5) is 2.21. The van der Waals surface area contributed by atoms with Crippen molar-refractivity contribution in [3.8, 4) is 0 Å². The summed E-state index contributed by atoms with van der Waals surface area (Å²) in [5.41, 5.74) is 9.29. The molecule has 1 aromatic carbocycles. The smallest absolute Gasteiger partial charge is 0.0603 e. The second-order valence-corrected chi connectivity index (χ2v) is 5.79. The molecule has 0 amide bonds. The molecule has 0 aliphatic rings. The van der Waals surface area contributed by atoms with Crippen LogP contribution in [0.15, 0.2) is 18.2 Å². The van der Waals surface area contributed by atoms with Gasteiger partial charge in [-0.1, -0.05) is 26.0 Å². The molecule has 0 saturated carbocycles. The Bertz CT molecular complexity index is 349. The standard InChI is InChI=1S/C14H25N3/c1-11-7-6-8-12(15)13(11)16-9-14(2,3)10-17(4)5/h6-8,16H,9-10,15H2,1-5H3. The van der Waals surface area contributed by atoms with E-state index in [0.717, 1.165) is 24.5 Å². The third-order valence-electron chi connectivity index (χ3n) is 2.79. The van der Waals surface area contributed by atoms with Crippen molar-refractivity contribution in [1.29, 1.82) is 0 Å². The fraction of sp³-hybridized carbons (Fsp3) is 0.571. The zero-order valence-corrected chi connectivity index (χ0v) is 11.7. The fourth-order valence-electron chi connectivity index (χ4n) is 2.17. The number of hydrogen-bond acceptors (Lipinski definition) is 3. The summed E-state index contributed by atoms with van der Waals surface area (Å²) in [5.74, 6) is 0. The van der Waals surface area contributed by atoms with Crippen molar-refractivity contribution in [3.05, 3.63) is 23.8 Å². The largest absolute Gasteiger partial charge is 0.397 e. The predicted octanol–water partition coefficient (Wildman–Crippen LogP) is 2.58. The molecule has 0 spiro atoms. The SMILES string of the molecule is Cc1cccc(N)c1NCC(C)(C)CN(C)C. The van der Waals surface area contributed by atoms with E-state index in [1.165, 1.54) is 5.56 Å². The highest BCUT2D eigenvalue weighted by Gasteiger charge is 2.19. The second-order valence-electron chi connectivity index (χ2n) is 5.79. The molecule has 0 aromatic heterocycles. The van der Waals surface area contributed by atoms with Gasteiger partial charge in [-0.25, -0.2) is 0 Å². The molecule has 1 aromatic rings. The van der Waals surface area contributed by atoms with Crippen molar-refractivity contribution in [1.82, 2.24) is 4.90 Å². The Morgan fingerprint density at radius 3 is 2.47 bits per heavy atom. The Morgan fingerprint density at radius 1 is 1.29 bits per heavy atom. The summed E-state index contributed by atoms with van der Waals surface area (Å²) < 4.78 is 0. The number of para-hydroxylation sites is 1. The van der Waals surface area contributed by atoms with Crippen LogP contribution in [0.2, 0.25) is 0 Å². The molecule has 3 nitrogen and oxygen atoms in total. The zero-order valence-electron chi connectivity index (χ0n) is 11.7. The molecule has 17 heavy (non-hydrogen) atoms. The maximum absolute atomic E-state index is 5.98. The van der Waals surface area contributed by atoms with Gasteiger partial charge in [0.05, 0.1) is 11.4 Å². The van der Waals surface area contributed by atoms with Crippen molar-refractivity contribution in [2.45, 2.75) is 20.8 Å². The zero-order chi connectivity index (χ0) is 13.1. The minimum absolute atomic E-state index is 0.220. The molecule has 0 heterocycles. The van der Waals surface area contributed by atoms with Crippen LogP contribution in [0.25, 0.3) is 0 Å². The quantitative estimate of drug-likeness (QED) is 0.771. The van der Waals surface area contributed by atoms with Crippen molar-refractivity contribution in [2.24, 2.45) is 5.41 Å². The van der Waals surface area contributed by atoms with Crippen LogP contribution in [0.3, 0.4) is 0 Å². The molecule has 3 heteroatoms. The number of nitrogens with zero attached hydrogens (tertiary/aromatic N) is 1. The average Bonchev–Trinajstić information content (AvgIpc) is 2.14. The molecule has 0 aliphatic heterocycles. The minimum atomic E-state index is 0.220. The number of rotatable bonds is 5. The lowest BCUT2D eigenvalue weighted by Gasteiger charge is -2.29. The molecular weight excluding hydrogens is 210 g/mol. The summed E-state index contributed by atoms with van der Waals surface area (Å²) in [6, 6.07) is 6.01. The highest BCUT2D eigenvalue weighted by atomic mass is 15.1. The van der Waals surface area contributed by atoms with Gasteiger partial charge in [0.25, 0.3) is 0 Å². The van der Waals surface area contributed by atoms with Crippen molar-refractivity contribution in [2.75, 3.05) is 38.2 Å². The first kappa shape index (κ1) is 13.8. The van der Waals surface area contributed by atoms with Gasteiger partial charge in [0, 0.05) is 13.1 Å². The van der Waals surface area contributed by atoms with E-state index in [4.69, 9.17) is 5.73 Å². The van der Waals surface area contributed by atoms with Gasteiger partial charge in [-0.3, -0.25) is 0 Å². The van der Waals surface area contributed by atoms with Crippen LogP contribution >= 0.6 is 0 Å². The Hall–Kier alpha value is -1.22. The van der Waals surface area contributed by atoms with Crippen LogP contribution in [-0.4, -0.2) is 32.1 Å². The van der Waals surface area contributed by atoms with Crippen LogP contribution in [0.1, 0.15) is 19.4 Å². The van der Waals surface area contributed by atoms with Crippen LogP contribution in [0, 0.1) is 12.3 Å². The van der Waals surface area contributed by atoms with Crippen LogP contribution < -0.4 is 11.1 Å². The van der Waals surface area contributed by atoms with Crippen molar-refractivity contribution in [3.63, 3.8) is 0 Å². The predicted molar refractivity (Wildman–Crippen MR) is 76.4 cm³/mol. The maximum Gasteiger partial charge on any atom is 0.0603 e. The molecule has 0 unspecified atom stereocenters. The third-order valence-corrected chi connectivity index (χ3v) is 2.79. The number of nitrogens with two attached hydrogens (primary N) is 1. The first-order chi connectivity index (χ1) is 7.82. The van der Waals surface area contributed by atoms with Gasteiger partial charge in [-0.05, 0) is 38.1 Å². The third kappa shape index (κ3) is 4.27.